The number of esters is 1. The zero-order valence-corrected chi connectivity index (χ0v) is 13.5. The maximum Gasteiger partial charge on any atom is 0.308 e. The van der Waals surface area contributed by atoms with E-state index in [2.05, 4.69) is 9.46 Å². The molecule has 7 nitrogen and oxygen atoms in total. The van der Waals surface area contributed by atoms with Crippen LogP contribution in [0.25, 0.3) is 0 Å². The van der Waals surface area contributed by atoms with Crippen molar-refractivity contribution in [2.45, 2.75) is 32.1 Å². The predicted octanol–water partition coefficient (Wildman–Crippen LogP) is 0.589. The van der Waals surface area contributed by atoms with Gasteiger partial charge < -0.3 is 4.74 Å². The molecule has 0 aromatic carbocycles. The molecular weight excluding hydrogens is 308 g/mol. The Balaban J connectivity index is 1.90. The first-order chi connectivity index (χ1) is 10.4. The number of hydrogen-bond donors (Lipinski definition) is 1. The summed E-state index contributed by atoms with van der Waals surface area (Å²) in [6.07, 6.45) is 6.76. The summed E-state index contributed by atoms with van der Waals surface area (Å²) in [5.41, 5.74) is 0. The lowest BCUT2D eigenvalue weighted by Gasteiger charge is -2.30. The van der Waals surface area contributed by atoms with Crippen molar-refractivity contribution in [1.29, 1.82) is 0 Å². The fourth-order valence-corrected chi connectivity index (χ4v) is 4.05. The van der Waals surface area contributed by atoms with Crippen molar-refractivity contribution in [1.82, 2.24) is 9.03 Å². The molecule has 1 saturated heterocycles. The normalized spacial score (nSPS) is 24.0. The van der Waals surface area contributed by atoms with Crippen molar-refractivity contribution >= 4 is 22.1 Å². The van der Waals surface area contributed by atoms with Crippen LogP contribution < -0.4 is 4.72 Å². The highest BCUT2D eigenvalue weighted by molar-refractivity contribution is 7.87. The van der Waals surface area contributed by atoms with Crippen LogP contribution in [0.2, 0.25) is 0 Å². The van der Waals surface area contributed by atoms with Gasteiger partial charge >= 0.3 is 16.2 Å². The van der Waals surface area contributed by atoms with Crippen LogP contribution in [0.3, 0.4) is 0 Å². The Morgan fingerprint density at radius 3 is 2.36 bits per heavy atom. The number of nitrogens with zero attached hydrogens (tertiary/aromatic N) is 1. The Labute approximate surface area is 130 Å². The molecule has 1 fully saturated rings. The first-order valence-corrected chi connectivity index (χ1v) is 8.92. The highest BCUT2D eigenvalue weighted by Gasteiger charge is 2.33. The molecule has 1 aliphatic heterocycles. The van der Waals surface area contributed by atoms with E-state index in [1.807, 2.05) is 12.2 Å². The number of nitrogens with one attached hydrogen (secondary N) is 1. The van der Waals surface area contributed by atoms with Gasteiger partial charge in [-0.3, -0.25) is 9.59 Å². The SMILES string of the molecule is COC(=O)C1CCN(S(=O)(=O)NC(=O)[C@H]2CC=CCC2)CC1. The molecule has 1 aliphatic carbocycles. The third kappa shape index (κ3) is 4.07. The number of ether oxygens (including phenoxy) is 1. The van der Waals surface area contributed by atoms with Gasteiger partial charge in [0.25, 0.3) is 0 Å². The van der Waals surface area contributed by atoms with Gasteiger partial charge in [-0.15, -0.1) is 0 Å². The summed E-state index contributed by atoms with van der Waals surface area (Å²) >= 11 is 0. The van der Waals surface area contributed by atoms with E-state index in [1.165, 1.54) is 11.4 Å². The number of amides is 1. The first-order valence-electron chi connectivity index (χ1n) is 7.48. The van der Waals surface area contributed by atoms with Gasteiger partial charge in [-0.2, -0.15) is 12.7 Å². The van der Waals surface area contributed by atoms with E-state index in [-0.39, 0.29) is 30.9 Å². The van der Waals surface area contributed by atoms with Crippen molar-refractivity contribution in [3.8, 4) is 0 Å². The molecule has 8 heteroatoms. The van der Waals surface area contributed by atoms with Gasteiger partial charge in [-0.05, 0) is 32.1 Å². The number of carbonyl (C=O) groups excluding carboxylic acids is 2. The fraction of sp³-hybridized carbons (Fsp3) is 0.714. The second kappa shape index (κ2) is 7.23. The zero-order chi connectivity index (χ0) is 16.2. The van der Waals surface area contributed by atoms with Gasteiger partial charge in [-0.1, -0.05) is 12.2 Å². The van der Waals surface area contributed by atoms with E-state index in [0.717, 1.165) is 6.42 Å². The molecular formula is C14H22N2O5S. The minimum atomic E-state index is -3.83. The minimum absolute atomic E-state index is 0.215. The zero-order valence-electron chi connectivity index (χ0n) is 12.7. The summed E-state index contributed by atoms with van der Waals surface area (Å²) in [6, 6.07) is 0. The lowest BCUT2D eigenvalue weighted by atomic mass is 9.94. The number of allylic oxidation sites excluding steroid dienone is 2. The van der Waals surface area contributed by atoms with Crippen LogP contribution in [0.5, 0.6) is 0 Å². The lowest BCUT2D eigenvalue weighted by Crippen LogP contribution is -2.49. The second-order valence-corrected chi connectivity index (χ2v) is 7.32. The van der Waals surface area contributed by atoms with Crippen LogP contribution in [-0.2, 0) is 24.5 Å². The van der Waals surface area contributed by atoms with E-state index in [4.69, 9.17) is 0 Å². The largest absolute Gasteiger partial charge is 0.469 e. The van der Waals surface area contributed by atoms with E-state index < -0.39 is 16.1 Å². The highest BCUT2D eigenvalue weighted by atomic mass is 32.2. The summed E-state index contributed by atoms with van der Waals surface area (Å²) in [4.78, 5) is 23.5. The van der Waals surface area contributed by atoms with Gasteiger partial charge in [0.15, 0.2) is 0 Å². The van der Waals surface area contributed by atoms with Gasteiger partial charge in [0, 0.05) is 19.0 Å². The van der Waals surface area contributed by atoms with Crippen molar-refractivity contribution < 1.29 is 22.7 Å². The van der Waals surface area contributed by atoms with E-state index in [1.54, 1.807) is 0 Å². The van der Waals surface area contributed by atoms with Gasteiger partial charge in [0.1, 0.15) is 0 Å². The highest BCUT2D eigenvalue weighted by Crippen LogP contribution is 2.22. The van der Waals surface area contributed by atoms with Crippen LogP contribution in [0, 0.1) is 11.8 Å². The monoisotopic (exact) mass is 330 g/mol. The molecule has 1 amide bonds. The predicted molar refractivity (Wildman–Crippen MR) is 79.9 cm³/mol. The lowest BCUT2D eigenvalue weighted by molar-refractivity contribution is -0.146. The number of hydrogen-bond acceptors (Lipinski definition) is 5. The summed E-state index contributed by atoms with van der Waals surface area (Å²) in [6.45, 7) is 0.430. The Morgan fingerprint density at radius 1 is 1.14 bits per heavy atom. The number of piperidine rings is 1. The minimum Gasteiger partial charge on any atom is -0.469 e. The van der Waals surface area contributed by atoms with Gasteiger partial charge in [-0.25, -0.2) is 4.72 Å². The maximum atomic E-state index is 12.2. The molecule has 1 heterocycles. The number of methoxy groups -OCH3 is 1. The molecule has 0 saturated carbocycles. The van der Waals surface area contributed by atoms with Crippen LogP contribution in [0.4, 0.5) is 0 Å². The molecule has 124 valence electrons. The van der Waals surface area contributed by atoms with E-state index >= 15 is 0 Å². The van der Waals surface area contributed by atoms with Crippen molar-refractivity contribution in [2.75, 3.05) is 20.2 Å². The van der Waals surface area contributed by atoms with Crippen molar-refractivity contribution in [2.24, 2.45) is 11.8 Å². The molecule has 1 atom stereocenters. The second-order valence-electron chi connectivity index (χ2n) is 5.65. The molecule has 0 unspecified atom stereocenters. The average molecular weight is 330 g/mol. The summed E-state index contributed by atoms with van der Waals surface area (Å²) in [7, 11) is -2.51. The smallest absolute Gasteiger partial charge is 0.308 e. The summed E-state index contributed by atoms with van der Waals surface area (Å²) < 4.78 is 32.5. The Morgan fingerprint density at radius 2 is 1.82 bits per heavy atom. The molecule has 2 rings (SSSR count). The molecule has 0 radical (unpaired) electrons. The Bertz CT molecular complexity index is 550. The van der Waals surface area contributed by atoms with Gasteiger partial charge in [0.05, 0.1) is 13.0 Å². The summed E-state index contributed by atoms with van der Waals surface area (Å²) in [5.74, 6) is -1.31. The third-order valence-corrected chi connectivity index (χ3v) is 5.70. The molecule has 2 aliphatic rings. The van der Waals surface area contributed by atoms with Crippen molar-refractivity contribution in [3.63, 3.8) is 0 Å². The molecule has 1 N–H and O–H groups in total. The average Bonchev–Trinajstić information content (AvgIpc) is 2.54. The quantitative estimate of drug-likeness (QED) is 0.601. The first kappa shape index (κ1) is 17.0. The molecule has 0 bridgehead atoms. The number of carbonyl (C=O) groups is 2. The Kier molecular flexibility index (Phi) is 5.57. The molecule has 0 spiro atoms. The standard InChI is InChI=1S/C14H22N2O5S/c1-21-14(18)12-7-9-16(10-8-12)22(19,20)15-13(17)11-5-3-2-4-6-11/h2-3,11-12H,4-10H2,1H3,(H,15,17)/t11-/m0/s1. The Hall–Kier alpha value is -1.41. The van der Waals surface area contributed by atoms with Crippen LogP contribution >= 0.6 is 0 Å². The van der Waals surface area contributed by atoms with E-state index in [0.29, 0.717) is 25.7 Å². The van der Waals surface area contributed by atoms with Crippen LogP contribution in [-0.4, -0.2) is 44.8 Å². The topological polar surface area (TPSA) is 92.8 Å². The summed E-state index contributed by atoms with van der Waals surface area (Å²) in [5, 5.41) is 0. The number of rotatable bonds is 4. The maximum absolute atomic E-state index is 12.2. The molecule has 0 aromatic heterocycles. The molecule has 0 aromatic rings. The fourth-order valence-electron chi connectivity index (χ4n) is 2.81. The van der Waals surface area contributed by atoms with Crippen LogP contribution in [0.1, 0.15) is 32.1 Å². The molecule has 22 heavy (non-hydrogen) atoms. The van der Waals surface area contributed by atoms with E-state index in [9.17, 15) is 18.0 Å². The van der Waals surface area contributed by atoms with Crippen LogP contribution in [0.15, 0.2) is 12.2 Å². The van der Waals surface area contributed by atoms with Crippen molar-refractivity contribution in [3.05, 3.63) is 12.2 Å². The third-order valence-electron chi connectivity index (χ3n) is 4.20. The van der Waals surface area contributed by atoms with Gasteiger partial charge in [0.2, 0.25) is 5.91 Å².